The Kier molecular flexibility index (Phi) is 12.2. The number of rotatable bonds is 0. The van der Waals surface area contributed by atoms with E-state index in [0.29, 0.717) is 0 Å². The van der Waals surface area contributed by atoms with Crippen molar-refractivity contribution in [3.8, 4) is 0 Å². The van der Waals surface area contributed by atoms with Crippen LogP contribution < -0.4 is 48.0 Å². The minimum atomic E-state index is 0. The van der Waals surface area contributed by atoms with E-state index in [1.165, 1.54) is 32.1 Å². The zero-order valence-electron chi connectivity index (χ0n) is 5.45. The molecule has 52 valence electrons. The summed E-state index contributed by atoms with van der Waals surface area (Å²) in [5.41, 5.74) is 0. The molecule has 1 aliphatic carbocycles. The van der Waals surface area contributed by atoms with Crippen molar-refractivity contribution in [1.82, 2.24) is 0 Å². The molecule has 0 atom stereocenters. The Bertz CT molecular complexity index is 53.0. The van der Waals surface area contributed by atoms with Crippen LogP contribution in [0.4, 0.5) is 0 Å². The molecule has 0 aliphatic heterocycles. The van der Waals surface area contributed by atoms with Crippen molar-refractivity contribution in [2.75, 3.05) is 0 Å². The number of hydrogen-bond acceptors (Lipinski definition) is 0. The van der Waals surface area contributed by atoms with Crippen molar-refractivity contribution in [2.45, 2.75) is 36.9 Å². The third kappa shape index (κ3) is 6.39. The van der Waals surface area contributed by atoms with Gasteiger partial charge in [0.15, 0.2) is 0 Å². The van der Waals surface area contributed by atoms with Gasteiger partial charge in [0.2, 0.25) is 0 Å². The molecule has 0 heterocycles. The summed E-state index contributed by atoms with van der Waals surface area (Å²) in [5, 5.41) is 0. The van der Waals surface area contributed by atoms with Gasteiger partial charge < -0.3 is 48.0 Å². The van der Waals surface area contributed by atoms with Gasteiger partial charge in [0.25, 0.3) is 0 Å². The summed E-state index contributed by atoms with van der Waals surface area (Å²) in [6, 6.07) is 0. The van der Waals surface area contributed by atoms with Crippen LogP contribution in [0.1, 0.15) is 32.1 Å². The second kappa shape index (κ2) is 8.09. The van der Waals surface area contributed by atoms with E-state index in [4.69, 9.17) is 0 Å². The van der Waals surface area contributed by atoms with Crippen molar-refractivity contribution in [2.24, 2.45) is 0 Å². The van der Waals surface area contributed by atoms with Crippen LogP contribution in [0, 0.1) is 0 Å². The van der Waals surface area contributed by atoms with Crippen molar-refractivity contribution in [1.29, 1.82) is 0 Å². The molecule has 1 aliphatic rings. The molecule has 0 radical (unpaired) electrons. The van der Waals surface area contributed by atoms with Gasteiger partial charge in [-0.15, -0.1) is 0 Å². The van der Waals surface area contributed by atoms with Crippen LogP contribution in [-0.2, 0) is 0 Å². The molecule has 3 heteroatoms. The van der Waals surface area contributed by atoms with Gasteiger partial charge in [-0.25, -0.2) is 0 Å². The summed E-state index contributed by atoms with van der Waals surface area (Å²) in [5.74, 6) is 0. The minimum Gasteiger partial charge on any atom is -1.00 e. The van der Waals surface area contributed by atoms with Crippen molar-refractivity contribution < 1.29 is 48.0 Å². The van der Waals surface area contributed by atoms with E-state index in [0.717, 1.165) is 4.78 Å². The van der Waals surface area contributed by atoms with Crippen LogP contribution in [0.2, 0.25) is 4.78 Å². The van der Waals surface area contributed by atoms with Crippen molar-refractivity contribution in [3.05, 3.63) is 0 Å². The Labute approximate surface area is 100 Å². The molecule has 0 unspecified atom stereocenters. The van der Waals surface area contributed by atoms with Crippen LogP contribution >= 0.6 is 0 Å². The molecule has 0 spiro atoms. The predicted molar refractivity (Wildman–Crippen MR) is 32.6 cm³/mol. The quantitative estimate of drug-likeness (QED) is 0.303. The van der Waals surface area contributed by atoms with E-state index in [1.807, 2.05) is 0 Å². The summed E-state index contributed by atoms with van der Waals surface area (Å²) in [4.78, 5) is 0. The monoisotopic (exact) mass is 364 g/mol. The Morgan fingerprint density at radius 3 is 1.56 bits per heavy atom. The molecule has 1 rings (SSSR count). The summed E-state index contributed by atoms with van der Waals surface area (Å²) in [6.07, 6.45) is 7.31. The molecule has 0 saturated heterocycles. The Morgan fingerprint density at radius 2 is 1.33 bits per heavy atom. The molecule has 0 amide bonds. The maximum absolute atomic E-state index is 2.91. The molecule has 0 aromatic heterocycles. The van der Waals surface area contributed by atoms with Gasteiger partial charge in [-0.3, -0.25) is 0 Å². The molecule has 0 N–H and O–H groups in total. The van der Waals surface area contributed by atoms with Gasteiger partial charge in [0, 0.05) is 0 Å². The Morgan fingerprint density at radius 1 is 0.889 bits per heavy atom. The zero-order chi connectivity index (χ0) is 5.11. The predicted octanol–water partition coefficient (Wildman–Crippen LogP) is -4.08. The summed E-state index contributed by atoms with van der Waals surface area (Å²) in [7, 11) is 0. The third-order valence-electron chi connectivity index (χ3n) is 1.65. The van der Waals surface area contributed by atoms with Gasteiger partial charge in [-0.05, 0) is 0 Å². The topological polar surface area (TPSA) is 0 Å². The molecule has 1 saturated carbocycles. The van der Waals surface area contributed by atoms with Gasteiger partial charge in [-0.2, -0.15) is 0 Å². The maximum Gasteiger partial charge on any atom is -1.00 e. The standard InChI is InChI=1S/C6H11.Al.2HI/c1-2-4-6-5-3-1;;;/h1H,2-6H2;;2*1H/q;+2;;/p-2. The first-order valence-electron chi connectivity index (χ1n) is 3.15. The molecular weight excluding hydrogens is 353 g/mol. The van der Waals surface area contributed by atoms with Crippen LogP contribution in [0.3, 0.4) is 0 Å². The first kappa shape index (κ1) is 13.6. The minimum absolute atomic E-state index is 0. The first-order chi connectivity index (χ1) is 3.39. The fourth-order valence-electron chi connectivity index (χ4n) is 1.13. The van der Waals surface area contributed by atoms with E-state index in [9.17, 15) is 0 Å². The fraction of sp³-hybridized carbons (Fsp3) is 1.00. The van der Waals surface area contributed by atoms with Crippen LogP contribution in [0.25, 0.3) is 0 Å². The zero-order valence-corrected chi connectivity index (χ0v) is 10.9. The molecule has 0 aromatic carbocycles. The van der Waals surface area contributed by atoms with Crippen LogP contribution in [0.15, 0.2) is 0 Å². The van der Waals surface area contributed by atoms with E-state index < -0.39 is 0 Å². The van der Waals surface area contributed by atoms with E-state index in [2.05, 4.69) is 16.3 Å². The first-order valence-corrected chi connectivity index (χ1v) is 3.82. The molecule has 0 nitrogen and oxygen atoms in total. The van der Waals surface area contributed by atoms with Crippen LogP contribution in [0.5, 0.6) is 0 Å². The van der Waals surface area contributed by atoms with E-state index in [1.54, 1.807) is 0 Å². The van der Waals surface area contributed by atoms with Crippen LogP contribution in [-0.4, -0.2) is 16.3 Å². The second-order valence-electron chi connectivity index (χ2n) is 2.40. The van der Waals surface area contributed by atoms with Gasteiger partial charge in [0.1, 0.15) is 0 Å². The summed E-state index contributed by atoms with van der Waals surface area (Å²) in [6.45, 7) is 0. The molecule has 9 heavy (non-hydrogen) atoms. The molecular formula is C6H11AlI2. The number of halogens is 2. The SMILES string of the molecule is [Al+2][CH]1CCCCC1.[I-].[I-]. The largest absolute Gasteiger partial charge is 1.00 e. The summed E-state index contributed by atoms with van der Waals surface area (Å²) < 4.78 is 0.953. The average molecular weight is 364 g/mol. The van der Waals surface area contributed by atoms with Gasteiger partial charge >= 0.3 is 53.2 Å². The Hall–Kier alpha value is 1.99. The van der Waals surface area contributed by atoms with E-state index in [-0.39, 0.29) is 48.0 Å². The molecule has 1 fully saturated rings. The second-order valence-corrected chi connectivity index (χ2v) is 3.34. The maximum atomic E-state index is 2.91. The van der Waals surface area contributed by atoms with Crippen molar-refractivity contribution >= 4 is 16.3 Å². The van der Waals surface area contributed by atoms with Crippen molar-refractivity contribution in [3.63, 3.8) is 0 Å². The van der Waals surface area contributed by atoms with Gasteiger partial charge in [-0.1, -0.05) is 0 Å². The summed E-state index contributed by atoms with van der Waals surface area (Å²) >= 11 is 2.91. The normalized spacial score (nSPS) is 19.8. The molecule has 0 bridgehead atoms. The average Bonchev–Trinajstić information content (AvgIpc) is 1.69. The molecule has 0 aromatic rings. The number of hydrogen-bond donors (Lipinski definition) is 0. The fourth-order valence-corrected chi connectivity index (χ4v) is 1.61. The smallest absolute Gasteiger partial charge is 1.00 e. The Balaban J connectivity index is 0. The van der Waals surface area contributed by atoms with E-state index >= 15 is 0 Å². The third-order valence-corrected chi connectivity index (χ3v) is 2.32. The van der Waals surface area contributed by atoms with Gasteiger partial charge in [0.05, 0.1) is 0 Å².